The molecule has 1 atom stereocenters. The highest BCUT2D eigenvalue weighted by Gasteiger charge is 2.16. The van der Waals surface area contributed by atoms with E-state index in [0.717, 1.165) is 39.2 Å². The van der Waals surface area contributed by atoms with Crippen molar-refractivity contribution in [1.82, 2.24) is 24.9 Å². The van der Waals surface area contributed by atoms with Crippen molar-refractivity contribution in [3.63, 3.8) is 0 Å². The summed E-state index contributed by atoms with van der Waals surface area (Å²) in [5, 5.41) is 12.0. The van der Waals surface area contributed by atoms with E-state index in [1.807, 2.05) is 67.5 Å². The Labute approximate surface area is 174 Å². The van der Waals surface area contributed by atoms with E-state index in [2.05, 4.69) is 38.4 Å². The van der Waals surface area contributed by atoms with Crippen LogP contribution in [0.5, 0.6) is 0 Å². The molecule has 0 spiro atoms. The van der Waals surface area contributed by atoms with Crippen LogP contribution in [0, 0.1) is 20.8 Å². The Morgan fingerprint density at radius 1 is 1.14 bits per heavy atom. The van der Waals surface area contributed by atoms with E-state index in [1.165, 1.54) is 0 Å². The molecule has 0 saturated heterocycles. The number of carbonyl (C=O) groups excluding carboxylic acids is 1. The molecule has 6 nitrogen and oxygen atoms in total. The van der Waals surface area contributed by atoms with Crippen LogP contribution >= 0.6 is 15.9 Å². The summed E-state index contributed by atoms with van der Waals surface area (Å²) in [6.07, 6.45) is 1.83. The van der Waals surface area contributed by atoms with Crippen LogP contribution in [0.4, 0.5) is 0 Å². The molecule has 1 amide bonds. The van der Waals surface area contributed by atoms with Crippen molar-refractivity contribution in [1.29, 1.82) is 0 Å². The van der Waals surface area contributed by atoms with E-state index >= 15 is 0 Å². The van der Waals surface area contributed by atoms with Crippen LogP contribution < -0.4 is 5.32 Å². The summed E-state index contributed by atoms with van der Waals surface area (Å²) in [6.45, 7) is 11.6. The summed E-state index contributed by atoms with van der Waals surface area (Å²) in [4.78, 5) is 12.6. The van der Waals surface area contributed by atoms with Crippen molar-refractivity contribution >= 4 is 21.8 Å². The summed E-state index contributed by atoms with van der Waals surface area (Å²) in [6, 6.07) is 7.58. The zero-order chi connectivity index (χ0) is 20.4. The Morgan fingerprint density at radius 2 is 1.82 bits per heavy atom. The summed E-state index contributed by atoms with van der Waals surface area (Å²) in [5.74, 6) is -0.0865. The number of amides is 1. The Hall–Kier alpha value is -2.41. The minimum atomic E-state index is -0.0977. The van der Waals surface area contributed by atoms with Gasteiger partial charge in [-0.15, -0.1) is 0 Å². The SMILES string of the molecule is CCn1ncc(C(C)NC(=O)c2ccc(Cn3nc(C)c(Br)c3C)cc2)c1C. The molecule has 0 aliphatic carbocycles. The van der Waals surface area contributed by atoms with Gasteiger partial charge in [-0.2, -0.15) is 10.2 Å². The summed E-state index contributed by atoms with van der Waals surface area (Å²) in [7, 11) is 0. The number of aromatic nitrogens is 4. The smallest absolute Gasteiger partial charge is 0.251 e. The molecule has 2 aromatic heterocycles. The molecule has 7 heteroatoms. The average Bonchev–Trinajstić information content (AvgIpc) is 3.17. The van der Waals surface area contributed by atoms with Gasteiger partial charge in [0, 0.05) is 23.4 Å². The van der Waals surface area contributed by atoms with Crippen LogP contribution in [0.15, 0.2) is 34.9 Å². The maximum atomic E-state index is 12.6. The summed E-state index contributed by atoms with van der Waals surface area (Å²) in [5.41, 5.74) is 5.94. The molecule has 0 fully saturated rings. The monoisotopic (exact) mass is 443 g/mol. The van der Waals surface area contributed by atoms with Gasteiger partial charge >= 0.3 is 0 Å². The zero-order valence-electron chi connectivity index (χ0n) is 17.0. The molecule has 1 unspecified atom stereocenters. The fourth-order valence-corrected chi connectivity index (χ4v) is 3.61. The lowest BCUT2D eigenvalue weighted by atomic mass is 10.1. The van der Waals surface area contributed by atoms with E-state index in [4.69, 9.17) is 0 Å². The van der Waals surface area contributed by atoms with Crippen molar-refractivity contribution in [2.75, 3.05) is 0 Å². The van der Waals surface area contributed by atoms with Gasteiger partial charge in [-0.05, 0) is 68.2 Å². The molecule has 1 N–H and O–H groups in total. The van der Waals surface area contributed by atoms with E-state index in [0.29, 0.717) is 12.1 Å². The third kappa shape index (κ3) is 4.04. The normalized spacial score (nSPS) is 12.2. The number of nitrogens with one attached hydrogen (secondary N) is 1. The van der Waals surface area contributed by atoms with Gasteiger partial charge in [0.1, 0.15) is 0 Å². The molecule has 3 rings (SSSR count). The lowest BCUT2D eigenvalue weighted by Crippen LogP contribution is -2.27. The Morgan fingerprint density at radius 3 is 2.36 bits per heavy atom. The fraction of sp³-hybridized carbons (Fsp3) is 0.381. The highest BCUT2D eigenvalue weighted by molar-refractivity contribution is 9.10. The predicted octanol–water partition coefficient (Wildman–Crippen LogP) is 4.33. The number of hydrogen-bond acceptors (Lipinski definition) is 3. The van der Waals surface area contributed by atoms with Crippen LogP contribution in [0.2, 0.25) is 0 Å². The van der Waals surface area contributed by atoms with Crippen LogP contribution in [0.3, 0.4) is 0 Å². The molecule has 0 saturated carbocycles. The van der Waals surface area contributed by atoms with Crippen molar-refractivity contribution in [3.8, 4) is 0 Å². The highest BCUT2D eigenvalue weighted by Crippen LogP contribution is 2.21. The first-order chi connectivity index (χ1) is 13.3. The Kier molecular flexibility index (Phi) is 6.03. The van der Waals surface area contributed by atoms with Gasteiger partial charge in [0.2, 0.25) is 0 Å². The fourth-order valence-electron chi connectivity index (χ4n) is 3.33. The number of hydrogen-bond donors (Lipinski definition) is 1. The molecule has 1 aromatic carbocycles. The minimum Gasteiger partial charge on any atom is -0.345 e. The van der Waals surface area contributed by atoms with Gasteiger partial charge in [-0.25, -0.2) is 0 Å². The number of carbonyl (C=O) groups is 1. The zero-order valence-corrected chi connectivity index (χ0v) is 18.5. The van der Waals surface area contributed by atoms with Crippen LogP contribution in [0.1, 0.15) is 58.5 Å². The lowest BCUT2D eigenvalue weighted by Gasteiger charge is -2.14. The molecular formula is C21H26BrN5O. The molecule has 28 heavy (non-hydrogen) atoms. The molecule has 0 bridgehead atoms. The number of nitrogens with zero attached hydrogens (tertiary/aromatic N) is 4. The van der Waals surface area contributed by atoms with E-state index < -0.39 is 0 Å². The first kappa shape index (κ1) is 20.3. The number of rotatable bonds is 6. The quantitative estimate of drug-likeness (QED) is 0.616. The molecule has 148 valence electrons. The second-order valence-electron chi connectivity index (χ2n) is 7.04. The van der Waals surface area contributed by atoms with E-state index in [9.17, 15) is 4.79 Å². The molecule has 0 aliphatic heterocycles. The van der Waals surface area contributed by atoms with Crippen LogP contribution in [-0.2, 0) is 13.1 Å². The second-order valence-corrected chi connectivity index (χ2v) is 7.83. The maximum absolute atomic E-state index is 12.6. The van der Waals surface area contributed by atoms with E-state index in [1.54, 1.807) is 0 Å². The second kappa shape index (κ2) is 8.31. The molecular weight excluding hydrogens is 418 g/mol. The van der Waals surface area contributed by atoms with E-state index in [-0.39, 0.29) is 11.9 Å². The van der Waals surface area contributed by atoms with Crippen molar-refractivity contribution in [2.45, 2.75) is 53.8 Å². The molecule has 0 radical (unpaired) electrons. The Balaban J connectivity index is 1.67. The number of halogens is 1. The minimum absolute atomic E-state index is 0.0865. The predicted molar refractivity (Wildman–Crippen MR) is 113 cm³/mol. The summed E-state index contributed by atoms with van der Waals surface area (Å²) >= 11 is 3.55. The molecule has 0 aliphatic rings. The first-order valence-corrected chi connectivity index (χ1v) is 10.2. The largest absolute Gasteiger partial charge is 0.345 e. The highest BCUT2D eigenvalue weighted by atomic mass is 79.9. The van der Waals surface area contributed by atoms with Crippen molar-refractivity contribution < 1.29 is 4.79 Å². The topological polar surface area (TPSA) is 64.7 Å². The third-order valence-corrected chi connectivity index (χ3v) is 6.24. The molecule has 2 heterocycles. The van der Waals surface area contributed by atoms with Gasteiger partial charge in [-0.3, -0.25) is 14.2 Å². The van der Waals surface area contributed by atoms with Gasteiger partial charge in [0.25, 0.3) is 5.91 Å². The maximum Gasteiger partial charge on any atom is 0.251 e. The lowest BCUT2D eigenvalue weighted by molar-refractivity contribution is 0.0940. The van der Waals surface area contributed by atoms with Crippen molar-refractivity contribution in [2.24, 2.45) is 0 Å². The van der Waals surface area contributed by atoms with Crippen LogP contribution in [0.25, 0.3) is 0 Å². The van der Waals surface area contributed by atoms with Gasteiger partial charge in [0.15, 0.2) is 0 Å². The standard InChI is InChI=1S/C21H26BrN5O/c1-6-26-15(4)19(11-23-26)13(2)24-21(28)18-9-7-17(8-10-18)12-27-16(5)20(22)14(3)25-27/h7-11,13H,6,12H2,1-5H3,(H,24,28). The number of aryl methyl sites for hydroxylation is 2. The van der Waals surface area contributed by atoms with Gasteiger partial charge in [0.05, 0.1) is 34.6 Å². The molecule has 3 aromatic rings. The van der Waals surface area contributed by atoms with Crippen molar-refractivity contribution in [3.05, 3.63) is 68.7 Å². The summed E-state index contributed by atoms with van der Waals surface area (Å²) < 4.78 is 4.94. The third-order valence-electron chi connectivity index (χ3n) is 5.10. The number of benzene rings is 1. The average molecular weight is 444 g/mol. The van der Waals surface area contributed by atoms with Gasteiger partial charge in [-0.1, -0.05) is 12.1 Å². The first-order valence-electron chi connectivity index (χ1n) is 9.43. The van der Waals surface area contributed by atoms with Crippen LogP contribution in [-0.4, -0.2) is 25.5 Å². The Bertz CT molecular complexity index is 987. The van der Waals surface area contributed by atoms with Gasteiger partial charge < -0.3 is 5.32 Å².